The Morgan fingerprint density at radius 3 is 2.59 bits per heavy atom. The summed E-state index contributed by atoms with van der Waals surface area (Å²) in [5.41, 5.74) is 1.01. The van der Waals surface area contributed by atoms with Gasteiger partial charge in [-0.2, -0.15) is 14.0 Å². The number of ether oxygens (including phenoxy) is 3. The second-order valence-electron chi connectivity index (χ2n) is 5.51. The second-order valence-corrected chi connectivity index (χ2v) is 5.51. The number of hydrogen-bond donors (Lipinski definition) is 0. The van der Waals surface area contributed by atoms with E-state index in [0.29, 0.717) is 16.9 Å². The van der Waals surface area contributed by atoms with Gasteiger partial charge >= 0.3 is 6.61 Å². The van der Waals surface area contributed by atoms with Gasteiger partial charge in [-0.1, -0.05) is 18.2 Å². The van der Waals surface area contributed by atoms with Gasteiger partial charge in [-0.15, -0.1) is 0 Å². The van der Waals surface area contributed by atoms with Gasteiger partial charge in [0, 0.05) is 13.6 Å². The Morgan fingerprint density at radius 1 is 1.19 bits per heavy atom. The van der Waals surface area contributed by atoms with Gasteiger partial charge < -0.3 is 19.1 Å². The number of hydrogen-bond acceptors (Lipinski definition) is 5. The summed E-state index contributed by atoms with van der Waals surface area (Å²) in [6.45, 7) is -2.98. The maximum absolute atomic E-state index is 12.4. The average molecular weight is 376 g/mol. The van der Waals surface area contributed by atoms with Crippen molar-refractivity contribution in [2.24, 2.45) is 0 Å². The molecule has 27 heavy (non-hydrogen) atoms. The molecule has 0 heterocycles. The Bertz CT molecular complexity index is 837. The van der Waals surface area contributed by atoms with Crippen LogP contribution in [-0.4, -0.2) is 38.2 Å². The van der Waals surface area contributed by atoms with Crippen molar-refractivity contribution in [1.29, 1.82) is 5.26 Å². The summed E-state index contributed by atoms with van der Waals surface area (Å²) >= 11 is 0. The molecule has 0 radical (unpaired) electrons. The summed E-state index contributed by atoms with van der Waals surface area (Å²) in [7, 11) is 2.92. The zero-order valence-electron chi connectivity index (χ0n) is 14.8. The van der Waals surface area contributed by atoms with Crippen LogP contribution in [0.3, 0.4) is 0 Å². The number of alkyl halides is 2. The molecule has 0 saturated carbocycles. The van der Waals surface area contributed by atoms with Gasteiger partial charge in [-0.3, -0.25) is 4.79 Å². The van der Waals surface area contributed by atoms with E-state index in [0.717, 1.165) is 0 Å². The zero-order chi connectivity index (χ0) is 19.8. The van der Waals surface area contributed by atoms with Crippen molar-refractivity contribution in [2.45, 2.75) is 13.2 Å². The van der Waals surface area contributed by atoms with E-state index < -0.39 is 6.61 Å². The van der Waals surface area contributed by atoms with Crippen molar-refractivity contribution >= 4 is 5.91 Å². The molecule has 0 fully saturated rings. The lowest BCUT2D eigenvalue weighted by Crippen LogP contribution is -2.31. The molecule has 0 aliphatic carbocycles. The third kappa shape index (κ3) is 5.57. The molecular formula is C19H18F2N2O4. The van der Waals surface area contributed by atoms with Crippen molar-refractivity contribution in [3.63, 3.8) is 0 Å². The third-order valence-corrected chi connectivity index (χ3v) is 3.65. The molecule has 8 heteroatoms. The highest BCUT2D eigenvalue weighted by Gasteiger charge is 2.15. The summed E-state index contributed by atoms with van der Waals surface area (Å²) in [6, 6.07) is 13.1. The second kappa shape index (κ2) is 9.38. The van der Waals surface area contributed by atoms with Gasteiger partial charge in [0.2, 0.25) is 0 Å². The molecule has 2 aromatic carbocycles. The Morgan fingerprint density at radius 2 is 1.93 bits per heavy atom. The normalized spacial score (nSPS) is 10.2. The topological polar surface area (TPSA) is 71.8 Å². The van der Waals surface area contributed by atoms with E-state index in [-0.39, 0.29) is 30.6 Å². The van der Waals surface area contributed by atoms with Crippen LogP contribution < -0.4 is 14.2 Å². The van der Waals surface area contributed by atoms with Crippen LogP contribution in [0, 0.1) is 11.3 Å². The standard InChI is InChI=1S/C19H18F2N2O4/c1-23(18(24)12-26-15-6-4-3-5-14(15)10-22)11-13-7-8-16(27-19(20)21)17(9-13)25-2/h3-9,19H,11-12H2,1-2H3. The fraction of sp³-hybridized carbons (Fsp3) is 0.263. The fourth-order valence-electron chi connectivity index (χ4n) is 2.30. The number of carbonyl (C=O) groups is 1. The van der Waals surface area contributed by atoms with Crippen molar-refractivity contribution in [1.82, 2.24) is 4.90 Å². The number of rotatable bonds is 8. The van der Waals surface area contributed by atoms with Crippen LogP contribution in [0.2, 0.25) is 0 Å². The molecule has 6 nitrogen and oxygen atoms in total. The number of amides is 1. The Labute approximate surface area is 155 Å². The minimum Gasteiger partial charge on any atom is -0.493 e. The molecule has 0 N–H and O–H groups in total. The van der Waals surface area contributed by atoms with Crippen molar-refractivity contribution in [3.8, 4) is 23.3 Å². The molecule has 2 aromatic rings. The number of halogens is 2. The Hall–Kier alpha value is -3.34. The molecule has 0 atom stereocenters. The first-order valence-electron chi connectivity index (χ1n) is 7.92. The first-order chi connectivity index (χ1) is 12.9. The number of methoxy groups -OCH3 is 1. The maximum Gasteiger partial charge on any atom is 0.387 e. The van der Waals surface area contributed by atoms with Crippen LogP contribution in [0.25, 0.3) is 0 Å². The molecule has 0 aliphatic rings. The SMILES string of the molecule is COc1cc(CN(C)C(=O)COc2ccccc2C#N)ccc1OC(F)F. The van der Waals surface area contributed by atoms with Gasteiger partial charge in [0.1, 0.15) is 11.8 Å². The number of likely N-dealkylation sites (N-methyl/N-ethyl adjacent to an activating group) is 1. The number of nitrogens with zero attached hydrogens (tertiary/aromatic N) is 2. The summed E-state index contributed by atoms with van der Waals surface area (Å²) in [6.07, 6.45) is 0. The summed E-state index contributed by atoms with van der Waals surface area (Å²) in [4.78, 5) is 13.7. The number of carbonyl (C=O) groups excluding carboxylic acids is 1. The zero-order valence-corrected chi connectivity index (χ0v) is 14.8. The molecule has 0 aliphatic heterocycles. The van der Waals surface area contributed by atoms with E-state index in [4.69, 9.17) is 14.7 Å². The first-order valence-corrected chi connectivity index (χ1v) is 7.92. The van der Waals surface area contributed by atoms with Crippen molar-refractivity contribution in [2.75, 3.05) is 20.8 Å². The molecule has 0 unspecified atom stereocenters. The first kappa shape index (κ1) is 20.0. The predicted molar refractivity (Wildman–Crippen MR) is 92.8 cm³/mol. The van der Waals surface area contributed by atoms with Gasteiger partial charge in [0.15, 0.2) is 18.1 Å². The van der Waals surface area contributed by atoms with E-state index in [2.05, 4.69) is 4.74 Å². The van der Waals surface area contributed by atoms with Crippen LogP contribution in [-0.2, 0) is 11.3 Å². The molecule has 0 saturated heterocycles. The monoisotopic (exact) mass is 376 g/mol. The lowest BCUT2D eigenvalue weighted by atomic mass is 10.2. The van der Waals surface area contributed by atoms with Crippen molar-refractivity contribution < 1.29 is 27.8 Å². The Kier molecular flexibility index (Phi) is 6.94. The number of nitriles is 1. The van der Waals surface area contributed by atoms with Crippen LogP contribution in [0.4, 0.5) is 8.78 Å². The van der Waals surface area contributed by atoms with E-state index in [1.165, 1.54) is 24.1 Å². The van der Waals surface area contributed by atoms with E-state index >= 15 is 0 Å². The highest BCUT2D eigenvalue weighted by molar-refractivity contribution is 5.77. The van der Waals surface area contributed by atoms with Crippen LogP contribution in [0.15, 0.2) is 42.5 Å². The third-order valence-electron chi connectivity index (χ3n) is 3.65. The quantitative estimate of drug-likeness (QED) is 0.708. The lowest BCUT2D eigenvalue weighted by Gasteiger charge is -2.19. The molecule has 0 aromatic heterocycles. The summed E-state index contributed by atoms with van der Waals surface area (Å²) in [5.74, 6) is 0.0843. The van der Waals surface area contributed by atoms with Crippen molar-refractivity contribution in [3.05, 3.63) is 53.6 Å². The fourth-order valence-corrected chi connectivity index (χ4v) is 2.30. The minimum absolute atomic E-state index is 0.0818. The van der Waals surface area contributed by atoms with Gasteiger partial charge in [0.05, 0.1) is 12.7 Å². The molecular weight excluding hydrogens is 358 g/mol. The summed E-state index contributed by atoms with van der Waals surface area (Å²) < 4.78 is 39.6. The molecule has 0 bridgehead atoms. The van der Waals surface area contributed by atoms with Crippen LogP contribution in [0.5, 0.6) is 17.2 Å². The molecule has 1 amide bonds. The van der Waals surface area contributed by atoms with Gasteiger partial charge in [-0.05, 0) is 29.8 Å². The highest BCUT2D eigenvalue weighted by atomic mass is 19.3. The largest absolute Gasteiger partial charge is 0.493 e. The molecule has 142 valence electrons. The van der Waals surface area contributed by atoms with Gasteiger partial charge in [0.25, 0.3) is 5.91 Å². The van der Waals surface area contributed by atoms with E-state index in [1.807, 2.05) is 6.07 Å². The Balaban J connectivity index is 1.98. The van der Waals surface area contributed by atoms with Crippen LogP contribution in [0.1, 0.15) is 11.1 Å². The number of para-hydroxylation sites is 1. The number of benzene rings is 2. The average Bonchev–Trinajstić information content (AvgIpc) is 2.66. The lowest BCUT2D eigenvalue weighted by molar-refractivity contribution is -0.132. The molecule has 2 rings (SSSR count). The maximum atomic E-state index is 12.4. The smallest absolute Gasteiger partial charge is 0.387 e. The molecule has 0 spiro atoms. The van der Waals surface area contributed by atoms with Gasteiger partial charge in [-0.25, -0.2) is 0 Å². The predicted octanol–water partition coefficient (Wildman–Crippen LogP) is 3.21. The summed E-state index contributed by atoms with van der Waals surface area (Å²) in [5, 5.41) is 9.02. The van der Waals surface area contributed by atoms with Crippen LogP contribution >= 0.6 is 0 Å². The van der Waals surface area contributed by atoms with E-state index in [1.54, 1.807) is 37.4 Å². The highest BCUT2D eigenvalue weighted by Crippen LogP contribution is 2.29. The minimum atomic E-state index is -2.96. The van der Waals surface area contributed by atoms with E-state index in [9.17, 15) is 13.6 Å².